The number of nitrogens with one attached hydrogen (secondary N) is 1. The van der Waals surface area contributed by atoms with Crippen molar-refractivity contribution in [3.05, 3.63) is 91.5 Å². The fraction of sp³-hybridized carbons (Fsp3) is 0.233. The molecule has 3 heterocycles. The SMILES string of the molecule is C=C/N=c1/cc(Oc2ccc(Nc3ncnc4ccc(OCCN5CC[C@@H](O)C5)cc34)cc2C)ccn1C=C. The van der Waals surface area contributed by atoms with Crippen molar-refractivity contribution in [3.8, 4) is 17.2 Å². The molecule has 4 aromatic rings. The van der Waals surface area contributed by atoms with Crippen LogP contribution in [0.25, 0.3) is 17.1 Å². The molecule has 2 N–H and O–H groups in total. The summed E-state index contributed by atoms with van der Waals surface area (Å²) in [5.74, 6) is 2.83. The van der Waals surface area contributed by atoms with Gasteiger partial charge in [0.25, 0.3) is 0 Å². The van der Waals surface area contributed by atoms with Crippen molar-refractivity contribution in [2.75, 3.05) is 31.6 Å². The lowest BCUT2D eigenvalue weighted by Crippen LogP contribution is -2.27. The Kier molecular flexibility index (Phi) is 8.00. The topological polar surface area (TPSA) is 97.0 Å². The second-order valence-electron chi connectivity index (χ2n) is 9.32. The number of aliphatic hydroxyl groups is 1. The van der Waals surface area contributed by atoms with Crippen molar-refractivity contribution >= 4 is 28.6 Å². The fourth-order valence-corrected chi connectivity index (χ4v) is 4.53. The highest BCUT2D eigenvalue weighted by Gasteiger charge is 2.19. The minimum absolute atomic E-state index is 0.227. The van der Waals surface area contributed by atoms with Crippen LogP contribution in [0.2, 0.25) is 0 Å². The van der Waals surface area contributed by atoms with Gasteiger partial charge in [0.15, 0.2) is 0 Å². The monoisotopic (exact) mass is 524 g/mol. The molecule has 1 atom stereocenters. The molecule has 9 heteroatoms. The number of benzene rings is 2. The predicted octanol–water partition coefficient (Wildman–Crippen LogP) is 4.87. The van der Waals surface area contributed by atoms with Crippen LogP contribution in [-0.4, -0.2) is 56.9 Å². The quantitative estimate of drug-likeness (QED) is 0.306. The first-order valence-corrected chi connectivity index (χ1v) is 12.9. The molecule has 2 aromatic heterocycles. The van der Waals surface area contributed by atoms with Gasteiger partial charge in [-0.3, -0.25) is 4.90 Å². The summed E-state index contributed by atoms with van der Waals surface area (Å²) in [5, 5.41) is 14.0. The van der Waals surface area contributed by atoms with E-state index in [0.29, 0.717) is 30.2 Å². The Hall–Kier alpha value is -4.47. The number of anilines is 2. The van der Waals surface area contributed by atoms with Gasteiger partial charge in [-0.05, 0) is 61.4 Å². The number of aliphatic hydroxyl groups excluding tert-OH is 1. The second-order valence-corrected chi connectivity index (χ2v) is 9.32. The maximum atomic E-state index is 9.71. The molecule has 0 unspecified atom stereocenters. The summed E-state index contributed by atoms with van der Waals surface area (Å²) in [4.78, 5) is 15.4. The van der Waals surface area contributed by atoms with Crippen LogP contribution in [-0.2, 0) is 0 Å². The van der Waals surface area contributed by atoms with E-state index in [-0.39, 0.29) is 6.10 Å². The number of likely N-dealkylation sites (tertiary alicyclic amines) is 1. The number of nitrogens with zero attached hydrogens (tertiary/aromatic N) is 5. The highest BCUT2D eigenvalue weighted by Crippen LogP contribution is 2.30. The van der Waals surface area contributed by atoms with E-state index in [1.807, 2.05) is 61.7 Å². The minimum Gasteiger partial charge on any atom is -0.492 e. The van der Waals surface area contributed by atoms with Crippen LogP contribution < -0.4 is 20.3 Å². The van der Waals surface area contributed by atoms with Crippen LogP contribution in [0.1, 0.15) is 12.0 Å². The Bertz CT molecular complexity index is 1560. The Morgan fingerprint density at radius 3 is 2.79 bits per heavy atom. The third-order valence-electron chi connectivity index (χ3n) is 6.55. The third-order valence-corrected chi connectivity index (χ3v) is 6.55. The molecule has 9 nitrogen and oxygen atoms in total. The van der Waals surface area contributed by atoms with Crippen LogP contribution >= 0.6 is 0 Å². The minimum atomic E-state index is -0.227. The van der Waals surface area contributed by atoms with E-state index in [1.54, 1.807) is 17.1 Å². The first kappa shape index (κ1) is 26.1. The number of fused-ring (bicyclic) bond motifs is 1. The van der Waals surface area contributed by atoms with Gasteiger partial charge in [0.2, 0.25) is 0 Å². The zero-order valence-corrected chi connectivity index (χ0v) is 22.0. The second kappa shape index (κ2) is 11.9. The first-order valence-electron chi connectivity index (χ1n) is 12.9. The van der Waals surface area contributed by atoms with E-state index in [0.717, 1.165) is 53.2 Å². The summed E-state index contributed by atoms with van der Waals surface area (Å²) in [7, 11) is 0. The third kappa shape index (κ3) is 6.34. The van der Waals surface area contributed by atoms with Gasteiger partial charge in [-0.1, -0.05) is 13.2 Å². The Balaban J connectivity index is 1.30. The number of hydrogen-bond donors (Lipinski definition) is 2. The molecule has 0 aliphatic carbocycles. The lowest BCUT2D eigenvalue weighted by Gasteiger charge is -2.16. The summed E-state index contributed by atoms with van der Waals surface area (Å²) in [6.45, 7) is 12.4. The van der Waals surface area contributed by atoms with E-state index in [9.17, 15) is 5.11 Å². The number of aromatic nitrogens is 3. The van der Waals surface area contributed by atoms with Crippen molar-refractivity contribution in [1.29, 1.82) is 0 Å². The van der Waals surface area contributed by atoms with E-state index in [1.165, 1.54) is 6.20 Å². The Labute approximate surface area is 227 Å². The van der Waals surface area contributed by atoms with Gasteiger partial charge in [0.1, 0.15) is 41.5 Å². The highest BCUT2D eigenvalue weighted by atomic mass is 16.5. The summed E-state index contributed by atoms with van der Waals surface area (Å²) in [5.41, 5.74) is 3.32. The standard InChI is InChI=1S/C30H32N6O3/c1-4-31-29-18-25(11-13-36(29)5-2)39-28-9-6-22(16-21(28)3)34-30-26-17-24(7-8-27(26)32-20-33-30)38-15-14-35-12-10-23(37)19-35/h4-9,11,13,16-18,20,23,37H,1-2,10,12,14-15,19H2,3H3,(H,32,33,34)/b31-29-/t23-/m1/s1. The van der Waals surface area contributed by atoms with Gasteiger partial charge < -0.3 is 24.5 Å². The number of β-amino-alcohol motifs (C(OH)–C–C–N with tert-alkyl or cyclic N) is 1. The van der Waals surface area contributed by atoms with E-state index < -0.39 is 0 Å². The van der Waals surface area contributed by atoms with Crippen molar-refractivity contribution in [2.45, 2.75) is 19.4 Å². The smallest absolute Gasteiger partial charge is 0.141 e. The normalized spacial score (nSPS) is 15.8. The zero-order chi connectivity index (χ0) is 27.2. The van der Waals surface area contributed by atoms with Gasteiger partial charge >= 0.3 is 0 Å². The van der Waals surface area contributed by atoms with Crippen LogP contribution in [0.15, 0.2) is 85.4 Å². The molecule has 0 saturated carbocycles. The summed E-state index contributed by atoms with van der Waals surface area (Å²) in [6, 6.07) is 15.4. The molecular formula is C30H32N6O3. The van der Waals surface area contributed by atoms with E-state index in [4.69, 9.17) is 9.47 Å². The maximum Gasteiger partial charge on any atom is 0.141 e. The van der Waals surface area contributed by atoms with Crippen molar-refractivity contribution < 1.29 is 14.6 Å². The van der Waals surface area contributed by atoms with Crippen molar-refractivity contribution in [1.82, 2.24) is 19.4 Å². The first-order chi connectivity index (χ1) is 19.0. The average molecular weight is 525 g/mol. The molecular weight excluding hydrogens is 492 g/mol. The molecule has 1 saturated heterocycles. The predicted molar refractivity (Wildman–Crippen MR) is 153 cm³/mol. The van der Waals surface area contributed by atoms with Gasteiger partial charge in [-0.2, -0.15) is 0 Å². The Morgan fingerprint density at radius 2 is 2.03 bits per heavy atom. The van der Waals surface area contributed by atoms with Gasteiger partial charge in [0, 0.05) is 55.4 Å². The molecule has 39 heavy (non-hydrogen) atoms. The summed E-state index contributed by atoms with van der Waals surface area (Å²) < 4.78 is 13.9. The van der Waals surface area contributed by atoms with Gasteiger partial charge in [-0.25, -0.2) is 15.0 Å². The van der Waals surface area contributed by atoms with Crippen molar-refractivity contribution in [2.24, 2.45) is 4.99 Å². The number of hydrogen-bond acceptors (Lipinski definition) is 8. The van der Waals surface area contributed by atoms with Crippen LogP contribution in [0.5, 0.6) is 17.2 Å². The molecule has 1 aliphatic rings. The lowest BCUT2D eigenvalue weighted by atomic mass is 10.2. The molecule has 5 rings (SSSR count). The summed E-state index contributed by atoms with van der Waals surface area (Å²) >= 11 is 0. The number of aryl methyl sites for hydroxylation is 1. The number of ether oxygens (including phenoxy) is 2. The molecule has 0 spiro atoms. The lowest BCUT2D eigenvalue weighted by molar-refractivity contribution is 0.167. The molecule has 1 fully saturated rings. The van der Waals surface area contributed by atoms with Crippen LogP contribution in [0.4, 0.5) is 11.5 Å². The largest absolute Gasteiger partial charge is 0.492 e. The summed E-state index contributed by atoms with van der Waals surface area (Å²) in [6.07, 6.45) is 7.14. The number of pyridine rings is 1. The molecule has 0 radical (unpaired) electrons. The average Bonchev–Trinajstić information content (AvgIpc) is 3.35. The van der Waals surface area contributed by atoms with Crippen LogP contribution in [0, 0.1) is 6.92 Å². The maximum absolute atomic E-state index is 9.71. The molecule has 2 aromatic carbocycles. The van der Waals surface area contributed by atoms with Crippen molar-refractivity contribution in [3.63, 3.8) is 0 Å². The molecule has 1 aliphatic heterocycles. The Morgan fingerprint density at radius 1 is 1.13 bits per heavy atom. The fourth-order valence-electron chi connectivity index (χ4n) is 4.53. The molecule has 0 amide bonds. The molecule has 200 valence electrons. The van der Waals surface area contributed by atoms with Gasteiger partial charge in [0.05, 0.1) is 11.6 Å². The molecule has 0 bridgehead atoms. The van der Waals surface area contributed by atoms with Crippen LogP contribution in [0.3, 0.4) is 0 Å². The van der Waals surface area contributed by atoms with E-state index >= 15 is 0 Å². The number of rotatable bonds is 10. The zero-order valence-electron chi connectivity index (χ0n) is 22.0. The van der Waals surface area contributed by atoms with E-state index in [2.05, 4.69) is 38.3 Å². The van der Waals surface area contributed by atoms with Gasteiger partial charge in [-0.15, -0.1) is 0 Å². The highest BCUT2D eigenvalue weighted by molar-refractivity contribution is 5.91.